The van der Waals surface area contributed by atoms with Gasteiger partial charge in [-0.05, 0) is 30.7 Å². The second-order valence-corrected chi connectivity index (χ2v) is 7.69. The number of aromatic amines is 1. The molecule has 0 saturated carbocycles. The third kappa shape index (κ3) is 6.17. The fourth-order valence-electron chi connectivity index (χ4n) is 3.15. The Morgan fingerprint density at radius 1 is 1.34 bits per heavy atom. The van der Waals surface area contributed by atoms with E-state index in [1.54, 1.807) is 18.3 Å². The fraction of sp³-hybridized carbons (Fsp3) is 0.421. The zero-order chi connectivity index (χ0) is 20.8. The van der Waals surface area contributed by atoms with Crippen LogP contribution in [0.25, 0.3) is 0 Å². The van der Waals surface area contributed by atoms with Gasteiger partial charge < -0.3 is 15.4 Å². The Morgan fingerprint density at radius 3 is 2.86 bits per heavy atom. The van der Waals surface area contributed by atoms with Crippen LogP contribution in [-0.4, -0.2) is 59.3 Å². The summed E-state index contributed by atoms with van der Waals surface area (Å²) in [5, 5.41) is 13.1. The van der Waals surface area contributed by atoms with E-state index < -0.39 is 12.1 Å². The number of Topliss-reactive ketones (excluding diaryl/α,β-unsaturated/α-hetero) is 1. The molecule has 0 aliphatic carbocycles. The Morgan fingerprint density at radius 2 is 2.17 bits per heavy atom. The number of morpholine rings is 1. The number of ether oxygens (including phenoxy) is 1. The van der Waals surface area contributed by atoms with Crippen LogP contribution in [0.2, 0.25) is 10.0 Å². The molecule has 1 aromatic heterocycles. The average molecular weight is 440 g/mol. The summed E-state index contributed by atoms with van der Waals surface area (Å²) >= 11 is 12.1. The number of hydrogen-bond acceptors (Lipinski definition) is 5. The van der Waals surface area contributed by atoms with Gasteiger partial charge in [0.05, 0.1) is 28.5 Å². The van der Waals surface area contributed by atoms with Crippen molar-refractivity contribution in [1.29, 1.82) is 0 Å². The standard InChI is InChI=1S/C19H23Cl2N5O3/c1-12(27)18(17-4-5-23-25-17)24-19(28)22-9-14-11-26(6-7-29-14)10-13-2-3-15(20)16(21)8-13/h2-5,8,14,18H,6-7,9-11H2,1H3,(H,23,25)(H2,22,24,28)/t14-,18?/m0/s1. The average Bonchev–Trinajstić information content (AvgIpc) is 3.22. The molecule has 0 spiro atoms. The number of amides is 2. The van der Waals surface area contributed by atoms with Gasteiger partial charge in [-0.1, -0.05) is 29.3 Å². The van der Waals surface area contributed by atoms with Gasteiger partial charge in [-0.2, -0.15) is 5.10 Å². The van der Waals surface area contributed by atoms with Gasteiger partial charge >= 0.3 is 6.03 Å². The number of carbonyl (C=O) groups excluding carboxylic acids is 2. The number of nitrogens with one attached hydrogen (secondary N) is 3. The lowest BCUT2D eigenvalue weighted by atomic mass is 10.1. The van der Waals surface area contributed by atoms with E-state index in [0.29, 0.717) is 42.0 Å². The van der Waals surface area contributed by atoms with Crippen LogP contribution in [0.15, 0.2) is 30.5 Å². The van der Waals surface area contributed by atoms with Crippen molar-refractivity contribution in [1.82, 2.24) is 25.7 Å². The second kappa shape index (κ2) is 10.1. The molecule has 0 bridgehead atoms. The number of aromatic nitrogens is 2. The molecular weight excluding hydrogens is 417 g/mol. The summed E-state index contributed by atoms with van der Waals surface area (Å²) in [5.74, 6) is -0.200. The van der Waals surface area contributed by atoms with Gasteiger partial charge in [0.2, 0.25) is 0 Å². The van der Waals surface area contributed by atoms with Gasteiger partial charge in [0.1, 0.15) is 6.04 Å². The first kappa shape index (κ1) is 21.6. The molecule has 1 saturated heterocycles. The summed E-state index contributed by atoms with van der Waals surface area (Å²) in [7, 11) is 0. The molecular formula is C19H23Cl2N5O3. The minimum absolute atomic E-state index is 0.154. The second-order valence-electron chi connectivity index (χ2n) is 6.87. The maximum absolute atomic E-state index is 12.2. The molecule has 2 aromatic rings. The molecule has 3 rings (SSSR count). The molecule has 1 aromatic carbocycles. The molecule has 29 heavy (non-hydrogen) atoms. The number of H-pyrrole nitrogens is 1. The van der Waals surface area contributed by atoms with Gasteiger partial charge in [0, 0.05) is 32.4 Å². The lowest BCUT2D eigenvalue weighted by molar-refractivity contribution is -0.118. The van der Waals surface area contributed by atoms with Gasteiger partial charge in [0.15, 0.2) is 5.78 Å². The number of rotatable bonds is 7. The summed E-state index contributed by atoms with van der Waals surface area (Å²) in [6.45, 7) is 4.47. The van der Waals surface area contributed by atoms with E-state index in [0.717, 1.165) is 12.1 Å². The summed E-state index contributed by atoms with van der Waals surface area (Å²) in [6.07, 6.45) is 1.45. The highest BCUT2D eigenvalue weighted by Gasteiger charge is 2.24. The van der Waals surface area contributed by atoms with E-state index in [1.165, 1.54) is 6.92 Å². The van der Waals surface area contributed by atoms with Crippen molar-refractivity contribution < 1.29 is 14.3 Å². The van der Waals surface area contributed by atoms with E-state index in [4.69, 9.17) is 27.9 Å². The number of nitrogens with zero attached hydrogens (tertiary/aromatic N) is 2. The van der Waals surface area contributed by atoms with Crippen LogP contribution in [0.1, 0.15) is 24.2 Å². The van der Waals surface area contributed by atoms with Gasteiger partial charge in [-0.25, -0.2) is 4.79 Å². The monoisotopic (exact) mass is 439 g/mol. The molecule has 1 aliphatic rings. The minimum atomic E-state index is -0.792. The third-order valence-corrected chi connectivity index (χ3v) is 5.34. The Kier molecular flexibility index (Phi) is 7.49. The van der Waals surface area contributed by atoms with Gasteiger partial charge in [-0.15, -0.1) is 0 Å². The van der Waals surface area contributed by atoms with Crippen LogP contribution < -0.4 is 10.6 Å². The topological polar surface area (TPSA) is 99.4 Å². The van der Waals surface area contributed by atoms with Crippen molar-refractivity contribution in [2.24, 2.45) is 0 Å². The van der Waals surface area contributed by atoms with Crippen molar-refractivity contribution in [3.05, 3.63) is 51.8 Å². The predicted molar refractivity (Wildman–Crippen MR) is 110 cm³/mol. The van der Waals surface area contributed by atoms with Crippen molar-refractivity contribution in [2.45, 2.75) is 25.6 Å². The number of benzene rings is 1. The third-order valence-electron chi connectivity index (χ3n) is 4.60. The number of hydrogen-bond donors (Lipinski definition) is 3. The molecule has 0 radical (unpaired) electrons. The first-order chi connectivity index (χ1) is 13.9. The number of urea groups is 1. The predicted octanol–water partition coefficient (Wildman–Crippen LogP) is 2.55. The maximum atomic E-state index is 12.2. The normalized spacial score (nSPS) is 18.2. The van der Waals surface area contributed by atoms with Gasteiger partial charge in [-0.3, -0.25) is 14.8 Å². The summed E-state index contributed by atoms with van der Waals surface area (Å²) in [5.41, 5.74) is 1.53. The van der Waals surface area contributed by atoms with E-state index in [9.17, 15) is 9.59 Å². The Bertz CT molecular complexity index is 846. The highest BCUT2D eigenvalue weighted by molar-refractivity contribution is 6.42. The summed E-state index contributed by atoms with van der Waals surface area (Å²) in [4.78, 5) is 26.3. The Balaban J connectivity index is 1.48. The highest BCUT2D eigenvalue weighted by Crippen LogP contribution is 2.23. The Hall–Kier alpha value is -2.13. The number of halogens is 2. The van der Waals surface area contributed by atoms with Crippen LogP contribution >= 0.6 is 23.2 Å². The van der Waals surface area contributed by atoms with Gasteiger partial charge in [0.25, 0.3) is 0 Å². The van der Waals surface area contributed by atoms with Crippen LogP contribution in [0.3, 0.4) is 0 Å². The molecule has 1 aliphatic heterocycles. The molecule has 2 heterocycles. The highest BCUT2D eigenvalue weighted by atomic mass is 35.5. The van der Waals surface area contributed by atoms with Crippen molar-refractivity contribution in [3.8, 4) is 0 Å². The smallest absolute Gasteiger partial charge is 0.315 e. The van der Waals surface area contributed by atoms with E-state index in [2.05, 4.69) is 25.7 Å². The largest absolute Gasteiger partial charge is 0.374 e. The molecule has 1 fully saturated rings. The van der Waals surface area contributed by atoms with E-state index in [-0.39, 0.29) is 11.9 Å². The molecule has 3 N–H and O–H groups in total. The minimum Gasteiger partial charge on any atom is -0.374 e. The van der Waals surface area contributed by atoms with Crippen LogP contribution in [0.5, 0.6) is 0 Å². The number of carbonyl (C=O) groups is 2. The molecule has 10 heteroatoms. The quantitative estimate of drug-likeness (QED) is 0.615. The summed E-state index contributed by atoms with van der Waals surface area (Å²) in [6, 6.07) is 6.00. The molecule has 2 amide bonds. The van der Waals surface area contributed by atoms with Crippen LogP contribution in [0.4, 0.5) is 4.79 Å². The Labute approximate surface area is 178 Å². The summed E-state index contributed by atoms with van der Waals surface area (Å²) < 4.78 is 5.75. The first-order valence-electron chi connectivity index (χ1n) is 9.24. The van der Waals surface area contributed by atoms with Crippen molar-refractivity contribution in [3.63, 3.8) is 0 Å². The molecule has 8 nitrogen and oxygen atoms in total. The van der Waals surface area contributed by atoms with E-state index in [1.807, 2.05) is 12.1 Å². The molecule has 1 unspecified atom stereocenters. The maximum Gasteiger partial charge on any atom is 0.315 e. The molecule has 2 atom stereocenters. The van der Waals surface area contributed by atoms with Crippen molar-refractivity contribution >= 4 is 35.0 Å². The van der Waals surface area contributed by atoms with Crippen LogP contribution in [0, 0.1) is 0 Å². The molecule has 156 valence electrons. The SMILES string of the molecule is CC(=O)C(NC(=O)NC[C@H]1CN(Cc2ccc(Cl)c(Cl)c2)CCO1)c1cc[nH]n1. The zero-order valence-electron chi connectivity index (χ0n) is 16.0. The fourth-order valence-corrected chi connectivity index (χ4v) is 3.47. The first-order valence-corrected chi connectivity index (χ1v) is 10.0. The van der Waals surface area contributed by atoms with Crippen molar-refractivity contribution in [2.75, 3.05) is 26.2 Å². The van der Waals surface area contributed by atoms with Crippen LogP contribution in [-0.2, 0) is 16.1 Å². The lowest BCUT2D eigenvalue weighted by Gasteiger charge is -2.33. The lowest BCUT2D eigenvalue weighted by Crippen LogP contribution is -2.49. The number of ketones is 1. The zero-order valence-corrected chi connectivity index (χ0v) is 17.5. The van der Waals surface area contributed by atoms with E-state index >= 15 is 0 Å².